The van der Waals surface area contributed by atoms with E-state index in [-0.39, 0.29) is 11.1 Å². The third kappa shape index (κ3) is 3.23. The van der Waals surface area contributed by atoms with Crippen molar-refractivity contribution < 1.29 is 13.2 Å². The van der Waals surface area contributed by atoms with Gasteiger partial charge in [0.1, 0.15) is 6.07 Å². The number of hydrogen-bond donors (Lipinski definition) is 2. The number of nitriles is 1. The van der Waals surface area contributed by atoms with Crippen LogP contribution in [0.1, 0.15) is 30.9 Å². The Kier molecular flexibility index (Phi) is 3.91. The molecule has 1 aromatic carbocycles. The number of hydrogen-bond acceptors (Lipinski definition) is 3. The Bertz CT molecular complexity index is 525. The van der Waals surface area contributed by atoms with Gasteiger partial charge in [0.15, 0.2) is 0 Å². The van der Waals surface area contributed by atoms with Gasteiger partial charge in [0.25, 0.3) is 0 Å². The first-order chi connectivity index (χ1) is 9.34. The summed E-state index contributed by atoms with van der Waals surface area (Å²) in [6, 6.07) is 5.08. The second-order valence-electron chi connectivity index (χ2n) is 5.31. The molecule has 3 nitrogen and oxygen atoms in total. The standard InChI is InChI=1S/C14H16F3N3/c1-13(4-6-19-7-5-13)20-12-3-2-11(14(15,16)17)8-10(12)9-18/h2-3,8,19-20H,4-7H2,1H3. The summed E-state index contributed by atoms with van der Waals surface area (Å²) in [5.41, 5.74) is -0.504. The summed E-state index contributed by atoms with van der Waals surface area (Å²) in [5, 5.41) is 15.5. The zero-order chi connectivity index (χ0) is 14.8. The summed E-state index contributed by atoms with van der Waals surface area (Å²) >= 11 is 0. The number of rotatable bonds is 2. The third-order valence-electron chi connectivity index (χ3n) is 3.61. The summed E-state index contributed by atoms with van der Waals surface area (Å²) in [5.74, 6) is 0. The molecule has 0 spiro atoms. The lowest BCUT2D eigenvalue weighted by atomic mass is 9.90. The fourth-order valence-corrected chi connectivity index (χ4v) is 2.35. The van der Waals surface area contributed by atoms with Crippen LogP contribution in [0.2, 0.25) is 0 Å². The van der Waals surface area contributed by atoms with E-state index in [4.69, 9.17) is 5.26 Å². The lowest BCUT2D eigenvalue weighted by molar-refractivity contribution is -0.137. The van der Waals surface area contributed by atoms with Gasteiger partial charge in [-0.2, -0.15) is 18.4 Å². The lowest BCUT2D eigenvalue weighted by Crippen LogP contribution is -2.45. The van der Waals surface area contributed by atoms with Gasteiger partial charge in [0.2, 0.25) is 0 Å². The van der Waals surface area contributed by atoms with Crippen molar-refractivity contribution in [2.45, 2.75) is 31.5 Å². The molecular weight excluding hydrogens is 267 g/mol. The molecule has 2 N–H and O–H groups in total. The minimum atomic E-state index is -4.43. The van der Waals surface area contributed by atoms with Crippen molar-refractivity contribution in [3.8, 4) is 6.07 Å². The van der Waals surface area contributed by atoms with E-state index in [9.17, 15) is 13.2 Å². The molecule has 0 atom stereocenters. The summed E-state index contributed by atoms with van der Waals surface area (Å²) < 4.78 is 37.9. The van der Waals surface area contributed by atoms with Gasteiger partial charge < -0.3 is 10.6 Å². The first-order valence-corrected chi connectivity index (χ1v) is 6.44. The number of piperidine rings is 1. The number of benzene rings is 1. The minimum Gasteiger partial charge on any atom is -0.379 e. The van der Waals surface area contributed by atoms with E-state index in [1.165, 1.54) is 6.07 Å². The van der Waals surface area contributed by atoms with Gasteiger partial charge in [-0.1, -0.05) is 0 Å². The largest absolute Gasteiger partial charge is 0.416 e. The molecule has 0 radical (unpaired) electrons. The average Bonchev–Trinajstić information content (AvgIpc) is 2.38. The van der Waals surface area contributed by atoms with E-state index >= 15 is 0 Å². The van der Waals surface area contributed by atoms with E-state index in [2.05, 4.69) is 10.6 Å². The fourth-order valence-electron chi connectivity index (χ4n) is 2.35. The van der Waals surface area contributed by atoms with Crippen molar-refractivity contribution in [1.29, 1.82) is 5.26 Å². The van der Waals surface area contributed by atoms with Gasteiger partial charge >= 0.3 is 6.18 Å². The summed E-state index contributed by atoms with van der Waals surface area (Å²) in [7, 11) is 0. The lowest BCUT2D eigenvalue weighted by Gasteiger charge is -2.36. The van der Waals surface area contributed by atoms with Crippen LogP contribution in [0.15, 0.2) is 18.2 Å². The summed E-state index contributed by atoms with van der Waals surface area (Å²) in [6.07, 6.45) is -2.71. The monoisotopic (exact) mass is 283 g/mol. The molecule has 1 heterocycles. The highest BCUT2D eigenvalue weighted by Crippen LogP contribution is 2.33. The average molecular weight is 283 g/mol. The molecule has 2 rings (SSSR count). The maximum absolute atomic E-state index is 12.6. The van der Waals surface area contributed by atoms with Gasteiger partial charge in [0.05, 0.1) is 16.8 Å². The van der Waals surface area contributed by atoms with Crippen LogP contribution in [-0.2, 0) is 6.18 Å². The van der Waals surface area contributed by atoms with E-state index < -0.39 is 11.7 Å². The van der Waals surface area contributed by atoms with E-state index in [1.54, 1.807) is 0 Å². The van der Waals surface area contributed by atoms with Crippen LogP contribution in [0.4, 0.5) is 18.9 Å². The van der Waals surface area contributed by atoms with E-state index in [0.717, 1.165) is 38.1 Å². The molecular formula is C14H16F3N3. The quantitative estimate of drug-likeness (QED) is 0.876. The second-order valence-corrected chi connectivity index (χ2v) is 5.31. The van der Waals surface area contributed by atoms with Gasteiger partial charge in [-0.05, 0) is 51.1 Å². The molecule has 0 unspecified atom stereocenters. The SMILES string of the molecule is CC1(Nc2ccc(C(F)(F)F)cc2C#N)CCNCC1. The van der Waals surface area contributed by atoms with E-state index in [1.807, 2.05) is 13.0 Å². The molecule has 20 heavy (non-hydrogen) atoms. The number of nitrogens with one attached hydrogen (secondary N) is 2. The van der Waals surface area contributed by atoms with Crippen LogP contribution in [0, 0.1) is 11.3 Å². The Morgan fingerprint density at radius 3 is 2.50 bits per heavy atom. The summed E-state index contributed by atoms with van der Waals surface area (Å²) in [4.78, 5) is 0. The molecule has 1 aliphatic rings. The number of halogens is 3. The molecule has 0 saturated carbocycles. The first kappa shape index (κ1) is 14.7. The Morgan fingerprint density at radius 1 is 1.30 bits per heavy atom. The number of alkyl halides is 3. The maximum Gasteiger partial charge on any atom is 0.416 e. The maximum atomic E-state index is 12.6. The zero-order valence-corrected chi connectivity index (χ0v) is 11.1. The predicted octanol–water partition coefficient (Wildman–Crippen LogP) is 3.13. The van der Waals surface area contributed by atoms with Crippen LogP contribution < -0.4 is 10.6 Å². The highest BCUT2D eigenvalue weighted by molar-refractivity contribution is 5.60. The van der Waals surface area contributed by atoms with Crippen LogP contribution in [0.5, 0.6) is 0 Å². The van der Waals surface area contributed by atoms with Gasteiger partial charge in [-0.25, -0.2) is 0 Å². The molecule has 6 heteroatoms. The first-order valence-electron chi connectivity index (χ1n) is 6.44. The fraction of sp³-hybridized carbons (Fsp3) is 0.500. The predicted molar refractivity (Wildman–Crippen MR) is 70.3 cm³/mol. The third-order valence-corrected chi connectivity index (χ3v) is 3.61. The van der Waals surface area contributed by atoms with Crippen LogP contribution in [0.3, 0.4) is 0 Å². The smallest absolute Gasteiger partial charge is 0.379 e. The zero-order valence-electron chi connectivity index (χ0n) is 11.1. The topological polar surface area (TPSA) is 47.9 Å². The van der Waals surface area contributed by atoms with Crippen molar-refractivity contribution in [2.24, 2.45) is 0 Å². The van der Waals surface area contributed by atoms with E-state index in [0.29, 0.717) is 5.69 Å². The molecule has 0 aromatic heterocycles. The highest BCUT2D eigenvalue weighted by Gasteiger charge is 2.32. The van der Waals surface area contributed by atoms with Gasteiger partial charge in [0, 0.05) is 5.54 Å². The molecule has 1 aromatic rings. The Hall–Kier alpha value is -1.74. The van der Waals surface area contributed by atoms with Crippen molar-refractivity contribution in [1.82, 2.24) is 5.32 Å². The Balaban J connectivity index is 2.26. The Labute approximate surface area is 115 Å². The molecule has 1 saturated heterocycles. The number of nitrogens with zero attached hydrogens (tertiary/aromatic N) is 1. The van der Waals surface area contributed by atoms with Crippen molar-refractivity contribution >= 4 is 5.69 Å². The normalized spacial score (nSPS) is 18.4. The minimum absolute atomic E-state index is 0.0274. The van der Waals surface area contributed by atoms with Crippen LogP contribution in [0.25, 0.3) is 0 Å². The molecule has 1 aliphatic heterocycles. The van der Waals surface area contributed by atoms with Crippen molar-refractivity contribution in [2.75, 3.05) is 18.4 Å². The Morgan fingerprint density at radius 2 is 1.95 bits per heavy atom. The van der Waals surface area contributed by atoms with Crippen molar-refractivity contribution in [3.63, 3.8) is 0 Å². The molecule has 0 bridgehead atoms. The van der Waals surface area contributed by atoms with Crippen molar-refractivity contribution in [3.05, 3.63) is 29.3 Å². The van der Waals surface area contributed by atoms with Crippen LogP contribution in [-0.4, -0.2) is 18.6 Å². The van der Waals surface area contributed by atoms with Gasteiger partial charge in [-0.15, -0.1) is 0 Å². The summed E-state index contributed by atoms with van der Waals surface area (Å²) in [6.45, 7) is 3.73. The van der Waals surface area contributed by atoms with Gasteiger partial charge in [-0.3, -0.25) is 0 Å². The molecule has 0 amide bonds. The number of anilines is 1. The molecule has 108 valence electrons. The van der Waals surface area contributed by atoms with Crippen LogP contribution >= 0.6 is 0 Å². The molecule has 1 fully saturated rings. The molecule has 0 aliphatic carbocycles. The highest BCUT2D eigenvalue weighted by atomic mass is 19.4. The second kappa shape index (κ2) is 5.33.